The highest BCUT2D eigenvalue weighted by Gasteiger charge is 2.50. The molecule has 1 N–H and O–H groups in total. The second kappa shape index (κ2) is 9.34. The van der Waals surface area contributed by atoms with Crippen LogP contribution in [-0.2, 0) is 19.4 Å². The average Bonchev–Trinajstić information content (AvgIpc) is 3.04. The molecule has 32 heavy (non-hydrogen) atoms. The normalized spacial score (nSPS) is 23.3. The number of amidine groups is 1. The van der Waals surface area contributed by atoms with E-state index in [9.17, 15) is 18.0 Å². The average molecular weight is 547 g/mol. The second-order valence-corrected chi connectivity index (χ2v) is 13.3. The van der Waals surface area contributed by atoms with Crippen LogP contribution in [0.1, 0.15) is 38.3 Å². The van der Waals surface area contributed by atoms with Crippen molar-refractivity contribution in [3.63, 3.8) is 0 Å². The minimum atomic E-state index is -3.14. The molecule has 0 aromatic heterocycles. The largest absolute Gasteiger partial charge is 0.444 e. The molecule has 2 fully saturated rings. The van der Waals surface area contributed by atoms with Gasteiger partial charge in [0.1, 0.15) is 5.60 Å². The van der Waals surface area contributed by atoms with E-state index in [0.29, 0.717) is 5.17 Å². The van der Waals surface area contributed by atoms with Crippen molar-refractivity contribution in [2.75, 3.05) is 23.0 Å². The quantitative estimate of drug-likeness (QED) is 0.616. The molecular formula is C21H28BrN3O5S2. The fourth-order valence-corrected chi connectivity index (χ4v) is 8.46. The third-order valence-corrected chi connectivity index (χ3v) is 8.66. The molecule has 1 aromatic carbocycles. The Morgan fingerprint density at radius 2 is 1.88 bits per heavy atom. The SMILES string of the molecule is Cc1cc(Br)cc(C)c1N1C(=NC(=O)CCNC(=O)OC(C)(C)C)S[C@H]2CS(=O)(=O)C[C@@H]21. The number of anilines is 1. The summed E-state index contributed by atoms with van der Waals surface area (Å²) in [5, 5.41) is 2.89. The molecule has 0 spiro atoms. The summed E-state index contributed by atoms with van der Waals surface area (Å²) in [4.78, 5) is 30.6. The Bertz CT molecular complexity index is 1040. The van der Waals surface area contributed by atoms with Crippen LogP contribution in [0, 0.1) is 13.8 Å². The summed E-state index contributed by atoms with van der Waals surface area (Å²) in [7, 11) is -3.14. The molecule has 2 aliphatic heterocycles. The lowest BCUT2D eigenvalue weighted by Gasteiger charge is -2.28. The molecule has 2 aliphatic rings. The Morgan fingerprint density at radius 1 is 1.25 bits per heavy atom. The Balaban J connectivity index is 1.80. The van der Waals surface area contributed by atoms with Crippen LogP contribution < -0.4 is 10.2 Å². The highest BCUT2D eigenvalue weighted by atomic mass is 79.9. The molecule has 0 radical (unpaired) electrons. The van der Waals surface area contributed by atoms with E-state index in [1.807, 2.05) is 30.9 Å². The van der Waals surface area contributed by atoms with E-state index in [4.69, 9.17) is 4.74 Å². The van der Waals surface area contributed by atoms with E-state index in [2.05, 4.69) is 26.2 Å². The molecule has 0 saturated carbocycles. The number of thioether (sulfide) groups is 1. The van der Waals surface area contributed by atoms with Gasteiger partial charge in [-0.1, -0.05) is 27.7 Å². The van der Waals surface area contributed by atoms with Crippen molar-refractivity contribution in [2.45, 2.75) is 57.9 Å². The van der Waals surface area contributed by atoms with E-state index >= 15 is 0 Å². The number of nitrogens with zero attached hydrogens (tertiary/aromatic N) is 2. The molecule has 2 saturated heterocycles. The number of carbonyl (C=O) groups excluding carboxylic acids is 2. The van der Waals surface area contributed by atoms with Gasteiger partial charge in [-0.3, -0.25) is 4.79 Å². The fourth-order valence-electron chi connectivity index (χ4n) is 3.86. The van der Waals surface area contributed by atoms with Gasteiger partial charge in [-0.25, -0.2) is 13.2 Å². The van der Waals surface area contributed by atoms with Gasteiger partial charge in [0.25, 0.3) is 0 Å². The number of alkyl carbamates (subject to hydrolysis) is 1. The van der Waals surface area contributed by atoms with Crippen LogP contribution in [0.3, 0.4) is 0 Å². The first-order valence-electron chi connectivity index (χ1n) is 10.3. The number of nitrogens with one attached hydrogen (secondary N) is 1. The van der Waals surface area contributed by atoms with E-state index < -0.39 is 21.5 Å². The fraction of sp³-hybridized carbons (Fsp3) is 0.571. The Labute approximate surface area is 201 Å². The number of aryl methyl sites for hydroxylation is 2. The number of aliphatic imine (C=N–C) groups is 1. The first-order valence-corrected chi connectivity index (χ1v) is 13.8. The zero-order valence-electron chi connectivity index (χ0n) is 18.8. The maximum Gasteiger partial charge on any atom is 0.407 e. The monoisotopic (exact) mass is 545 g/mol. The highest BCUT2D eigenvalue weighted by molar-refractivity contribution is 9.10. The van der Waals surface area contributed by atoms with Gasteiger partial charge in [0.2, 0.25) is 5.91 Å². The van der Waals surface area contributed by atoms with Crippen molar-refractivity contribution in [3.05, 3.63) is 27.7 Å². The summed E-state index contributed by atoms with van der Waals surface area (Å²) in [5.41, 5.74) is 2.19. The van der Waals surface area contributed by atoms with Crippen LogP contribution in [-0.4, -0.2) is 60.5 Å². The van der Waals surface area contributed by atoms with Crippen LogP contribution in [0.5, 0.6) is 0 Å². The number of hydrogen-bond acceptors (Lipinski definition) is 6. The summed E-state index contributed by atoms with van der Waals surface area (Å²) >= 11 is 4.83. The number of hydrogen-bond donors (Lipinski definition) is 1. The molecular weight excluding hydrogens is 518 g/mol. The molecule has 3 rings (SSSR count). The van der Waals surface area contributed by atoms with E-state index in [0.717, 1.165) is 21.3 Å². The number of fused-ring (bicyclic) bond motifs is 1. The van der Waals surface area contributed by atoms with Gasteiger partial charge < -0.3 is 15.0 Å². The zero-order chi connectivity index (χ0) is 23.8. The van der Waals surface area contributed by atoms with Crippen LogP contribution in [0.25, 0.3) is 0 Å². The van der Waals surface area contributed by atoms with Crippen LogP contribution in [0.4, 0.5) is 10.5 Å². The van der Waals surface area contributed by atoms with E-state index in [-0.39, 0.29) is 41.7 Å². The Morgan fingerprint density at radius 3 is 2.47 bits per heavy atom. The highest BCUT2D eigenvalue weighted by Crippen LogP contribution is 2.43. The van der Waals surface area contributed by atoms with Crippen molar-refractivity contribution < 1.29 is 22.7 Å². The number of ether oxygens (including phenoxy) is 1. The minimum absolute atomic E-state index is 0.0169. The first kappa shape index (κ1) is 25.0. The molecule has 0 bridgehead atoms. The summed E-state index contributed by atoms with van der Waals surface area (Å²) < 4.78 is 30.6. The Hall–Kier alpha value is -1.59. The van der Waals surface area contributed by atoms with Gasteiger partial charge in [-0.15, -0.1) is 0 Å². The first-order chi connectivity index (χ1) is 14.8. The van der Waals surface area contributed by atoms with Gasteiger partial charge >= 0.3 is 6.09 Å². The topological polar surface area (TPSA) is 105 Å². The molecule has 2 atom stereocenters. The van der Waals surface area contributed by atoms with Crippen LogP contribution in [0.2, 0.25) is 0 Å². The predicted octanol–water partition coefficient (Wildman–Crippen LogP) is 3.58. The van der Waals surface area contributed by atoms with Crippen molar-refractivity contribution in [2.24, 2.45) is 4.99 Å². The van der Waals surface area contributed by atoms with Gasteiger partial charge in [0.15, 0.2) is 15.0 Å². The Kier molecular flexibility index (Phi) is 7.31. The standard InChI is InChI=1S/C21H28BrN3O5S2/c1-12-8-14(22)9-13(2)18(12)25-15-10-32(28,29)11-16(15)31-19(25)24-17(26)6-7-23-20(27)30-21(3,4)5/h8-9,15-16H,6-7,10-11H2,1-5H3,(H,23,27)/t15-,16-/m0/s1. The number of sulfone groups is 1. The van der Waals surface area contributed by atoms with Gasteiger partial charge in [0, 0.05) is 28.4 Å². The lowest BCUT2D eigenvalue weighted by Crippen LogP contribution is -2.38. The van der Waals surface area contributed by atoms with Crippen LogP contribution >= 0.6 is 27.7 Å². The molecule has 0 unspecified atom stereocenters. The molecule has 2 heterocycles. The minimum Gasteiger partial charge on any atom is -0.444 e. The van der Waals surface area contributed by atoms with Crippen LogP contribution in [0.15, 0.2) is 21.6 Å². The third kappa shape index (κ3) is 6.05. The summed E-state index contributed by atoms with van der Waals surface area (Å²) in [6.07, 6.45) is -0.570. The molecule has 11 heteroatoms. The van der Waals surface area contributed by atoms with E-state index in [1.165, 1.54) is 11.8 Å². The smallest absolute Gasteiger partial charge is 0.407 e. The van der Waals surface area contributed by atoms with Crippen molar-refractivity contribution >= 4 is 60.4 Å². The molecule has 8 nitrogen and oxygen atoms in total. The maximum atomic E-state index is 12.6. The van der Waals surface area contributed by atoms with Crippen molar-refractivity contribution in [1.29, 1.82) is 0 Å². The summed E-state index contributed by atoms with van der Waals surface area (Å²) in [6, 6.07) is 3.66. The molecule has 1 aromatic rings. The molecule has 176 valence electrons. The number of carbonyl (C=O) groups is 2. The molecule has 2 amide bonds. The number of benzene rings is 1. The van der Waals surface area contributed by atoms with Gasteiger partial charge in [0.05, 0.1) is 17.5 Å². The van der Waals surface area contributed by atoms with E-state index in [1.54, 1.807) is 20.8 Å². The summed E-state index contributed by atoms with van der Waals surface area (Å²) in [5.74, 6) is -0.280. The van der Waals surface area contributed by atoms with Gasteiger partial charge in [-0.05, 0) is 57.9 Å². The molecule has 0 aliphatic carbocycles. The van der Waals surface area contributed by atoms with Crippen molar-refractivity contribution in [3.8, 4) is 0 Å². The lowest BCUT2D eigenvalue weighted by molar-refractivity contribution is -0.117. The third-order valence-electron chi connectivity index (χ3n) is 4.99. The second-order valence-electron chi connectivity index (χ2n) is 9.03. The number of amides is 2. The number of halogens is 1. The lowest BCUT2D eigenvalue weighted by atomic mass is 10.1. The maximum absolute atomic E-state index is 12.6. The van der Waals surface area contributed by atoms with Crippen molar-refractivity contribution in [1.82, 2.24) is 5.32 Å². The van der Waals surface area contributed by atoms with Gasteiger partial charge in [-0.2, -0.15) is 4.99 Å². The summed E-state index contributed by atoms with van der Waals surface area (Å²) in [6.45, 7) is 9.31. The zero-order valence-corrected chi connectivity index (χ0v) is 22.0. The number of rotatable bonds is 4. The predicted molar refractivity (Wildman–Crippen MR) is 131 cm³/mol.